The van der Waals surface area contributed by atoms with Crippen LogP contribution in [0.3, 0.4) is 0 Å². The number of carbonyl (C=O) groups is 3. The van der Waals surface area contributed by atoms with E-state index in [4.69, 9.17) is 4.74 Å². The quantitative estimate of drug-likeness (QED) is 0.268. The van der Waals surface area contributed by atoms with Gasteiger partial charge in [0.05, 0.1) is 0 Å². The standard InChI is InChI=1S/C32H47N3O5/c1-8-10-14-20-33-28(37)27(24-18-15-19-25(36)22-24)35(32(6,7)9-2)29(38)26(21-23-16-12-11-13-17-23)34-30(39)40-31(3,4)5/h11-13,15-19,22,26-27,36H,8-10,14,20-21H2,1-7H3,(H,33,37)(H,34,39). The van der Waals surface area contributed by atoms with Crippen LogP contribution in [0.1, 0.15) is 91.3 Å². The molecule has 3 N–H and O–H groups in total. The Morgan fingerprint density at radius 3 is 2.20 bits per heavy atom. The second kappa shape index (κ2) is 14.7. The van der Waals surface area contributed by atoms with Crippen LogP contribution in [0.25, 0.3) is 0 Å². The first-order valence-electron chi connectivity index (χ1n) is 14.2. The highest BCUT2D eigenvalue weighted by atomic mass is 16.6. The van der Waals surface area contributed by atoms with Crippen molar-refractivity contribution in [2.24, 2.45) is 0 Å². The van der Waals surface area contributed by atoms with Crippen molar-refractivity contribution in [3.63, 3.8) is 0 Å². The predicted octanol–water partition coefficient (Wildman–Crippen LogP) is 5.89. The minimum Gasteiger partial charge on any atom is -0.508 e. The van der Waals surface area contributed by atoms with E-state index in [9.17, 15) is 19.5 Å². The molecule has 8 nitrogen and oxygen atoms in total. The van der Waals surface area contributed by atoms with Crippen molar-refractivity contribution in [1.82, 2.24) is 15.5 Å². The number of phenolic OH excluding ortho intramolecular Hbond substituents is 1. The Balaban J connectivity index is 2.60. The number of rotatable bonds is 13. The van der Waals surface area contributed by atoms with E-state index in [0.717, 1.165) is 24.8 Å². The second-order valence-electron chi connectivity index (χ2n) is 11.8. The maximum absolute atomic E-state index is 14.5. The molecule has 2 aromatic carbocycles. The van der Waals surface area contributed by atoms with E-state index in [-0.39, 0.29) is 18.1 Å². The van der Waals surface area contributed by atoms with E-state index >= 15 is 0 Å². The number of aromatic hydroxyl groups is 1. The number of nitrogens with one attached hydrogen (secondary N) is 2. The third-order valence-electron chi connectivity index (χ3n) is 6.80. The molecule has 2 unspecified atom stereocenters. The molecule has 0 saturated heterocycles. The summed E-state index contributed by atoms with van der Waals surface area (Å²) in [5.41, 5.74) is -0.198. The van der Waals surface area contributed by atoms with Crippen LogP contribution in [-0.2, 0) is 20.7 Å². The number of nitrogens with zero attached hydrogens (tertiary/aromatic N) is 1. The Labute approximate surface area is 239 Å². The van der Waals surface area contributed by atoms with Crippen molar-refractivity contribution in [2.75, 3.05) is 6.54 Å². The van der Waals surface area contributed by atoms with Crippen LogP contribution in [0.2, 0.25) is 0 Å². The summed E-state index contributed by atoms with van der Waals surface area (Å²) in [5.74, 6) is -0.762. The highest BCUT2D eigenvalue weighted by Gasteiger charge is 2.43. The lowest BCUT2D eigenvalue weighted by Gasteiger charge is -2.44. The van der Waals surface area contributed by atoms with E-state index in [2.05, 4.69) is 17.6 Å². The number of benzene rings is 2. The van der Waals surface area contributed by atoms with E-state index < -0.39 is 35.2 Å². The molecule has 2 rings (SSSR count). The van der Waals surface area contributed by atoms with Crippen molar-refractivity contribution >= 4 is 17.9 Å². The SMILES string of the molecule is CCCCCNC(=O)C(c1cccc(O)c1)N(C(=O)C(Cc1ccccc1)NC(=O)OC(C)(C)C)C(C)(C)CC. The number of alkyl carbamates (subject to hydrolysis) is 1. The lowest BCUT2D eigenvalue weighted by atomic mass is 9.91. The summed E-state index contributed by atoms with van der Waals surface area (Å²) in [5, 5.41) is 16.1. The number of hydrogen-bond donors (Lipinski definition) is 3. The summed E-state index contributed by atoms with van der Waals surface area (Å²) in [7, 11) is 0. The van der Waals surface area contributed by atoms with E-state index in [1.165, 1.54) is 12.1 Å². The number of unbranched alkanes of at least 4 members (excludes halogenated alkanes) is 2. The molecule has 2 atom stereocenters. The minimum absolute atomic E-state index is 0.00398. The first-order chi connectivity index (χ1) is 18.8. The largest absolute Gasteiger partial charge is 0.508 e. The molecule has 0 aliphatic heterocycles. The Morgan fingerprint density at radius 2 is 1.62 bits per heavy atom. The minimum atomic E-state index is -1.03. The van der Waals surface area contributed by atoms with E-state index in [1.54, 1.807) is 37.8 Å². The van der Waals surface area contributed by atoms with Gasteiger partial charge in [-0.3, -0.25) is 9.59 Å². The van der Waals surface area contributed by atoms with Crippen molar-refractivity contribution in [3.8, 4) is 5.75 Å². The molecule has 0 saturated carbocycles. The van der Waals surface area contributed by atoms with Gasteiger partial charge in [-0.25, -0.2) is 4.79 Å². The van der Waals surface area contributed by atoms with Gasteiger partial charge in [-0.2, -0.15) is 0 Å². The first-order valence-corrected chi connectivity index (χ1v) is 14.2. The zero-order chi connectivity index (χ0) is 29.9. The maximum Gasteiger partial charge on any atom is 0.408 e. The molecule has 0 fully saturated rings. The van der Waals surface area contributed by atoms with Gasteiger partial charge in [0.1, 0.15) is 23.4 Å². The van der Waals surface area contributed by atoms with Gasteiger partial charge in [-0.1, -0.05) is 69.2 Å². The summed E-state index contributed by atoms with van der Waals surface area (Å²) in [6, 6.07) is 13.8. The normalized spacial score (nSPS) is 13.2. The van der Waals surface area contributed by atoms with Gasteiger partial charge in [-0.15, -0.1) is 0 Å². The van der Waals surface area contributed by atoms with Gasteiger partial charge in [0.2, 0.25) is 11.8 Å². The fourth-order valence-electron chi connectivity index (χ4n) is 4.41. The van der Waals surface area contributed by atoms with Gasteiger partial charge >= 0.3 is 6.09 Å². The molecular formula is C32H47N3O5. The van der Waals surface area contributed by atoms with Crippen molar-refractivity contribution in [3.05, 3.63) is 65.7 Å². The third-order valence-corrected chi connectivity index (χ3v) is 6.80. The van der Waals surface area contributed by atoms with Crippen LogP contribution in [0.5, 0.6) is 5.75 Å². The highest BCUT2D eigenvalue weighted by Crippen LogP contribution is 2.33. The number of ether oxygens (including phenoxy) is 1. The van der Waals surface area contributed by atoms with E-state index in [0.29, 0.717) is 18.5 Å². The molecule has 2 aromatic rings. The average Bonchev–Trinajstić information content (AvgIpc) is 2.88. The zero-order valence-electron chi connectivity index (χ0n) is 25.1. The molecule has 0 spiro atoms. The summed E-state index contributed by atoms with van der Waals surface area (Å²) in [6.07, 6.45) is 2.84. The number of phenols is 1. The summed E-state index contributed by atoms with van der Waals surface area (Å²) >= 11 is 0. The molecular weight excluding hydrogens is 506 g/mol. The average molecular weight is 554 g/mol. The molecule has 8 heteroatoms. The van der Waals surface area contributed by atoms with Crippen molar-refractivity contribution in [2.45, 2.75) is 104 Å². The zero-order valence-corrected chi connectivity index (χ0v) is 25.1. The fraction of sp³-hybridized carbons (Fsp3) is 0.531. The van der Waals surface area contributed by atoms with Gasteiger partial charge in [-0.05, 0) is 70.7 Å². The fourth-order valence-corrected chi connectivity index (χ4v) is 4.41. The predicted molar refractivity (Wildman–Crippen MR) is 158 cm³/mol. The molecule has 0 aromatic heterocycles. The molecule has 3 amide bonds. The molecule has 0 aliphatic rings. The lowest BCUT2D eigenvalue weighted by molar-refractivity contribution is -0.149. The van der Waals surface area contributed by atoms with Gasteiger partial charge < -0.3 is 25.4 Å². The van der Waals surface area contributed by atoms with Crippen molar-refractivity contribution < 1.29 is 24.2 Å². The Hall–Kier alpha value is -3.55. The number of hydrogen-bond acceptors (Lipinski definition) is 5. The van der Waals surface area contributed by atoms with Crippen LogP contribution >= 0.6 is 0 Å². The lowest BCUT2D eigenvalue weighted by Crippen LogP contribution is -2.59. The molecule has 0 aliphatic carbocycles. The second-order valence-corrected chi connectivity index (χ2v) is 11.8. The highest BCUT2D eigenvalue weighted by molar-refractivity contribution is 5.93. The van der Waals surface area contributed by atoms with E-state index in [1.807, 2.05) is 51.1 Å². The topological polar surface area (TPSA) is 108 Å². The van der Waals surface area contributed by atoms with Gasteiger partial charge in [0, 0.05) is 18.5 Å². The van der Waals surface area contributed by atoms with Crippen LogP contribution < -0.4 is 10.6 Å². The first kappa shape index (κ1) is 32.7. The van der Waals surface area contributed by atoms with Crippen LogP contribution in [0.15, 0.2) is 54.6 Å². The third kappa shape index (κ3) is 9.88. The summed E-state index contributed by atoms with van der Waals surface area (Å²) in [6.45, 7) is 13.6. The summed E-state index contributed by atoms with van der Waals surface area (Å²) < 4.78 is 5.50. The smallest absolute Gasteiger partial charge is 0.408 e. The molecule has 220 valence electrons. The van der Waals surface area contributed by atoms with Gasteiger partial charge in [0.25, 0.3) is 0 Å². The maximum atomic E-state index is 14.5. The molecule has 0 radical (unpaired) electrons. The van der Waals surface area contributed by atoms with Crippen LogP contribution in [-0.4, -0.2) is 51.6 Å². The monoisotopic (exact) mass is 553 g/mol. The number of amides is 3. The van der Waals surface area contributed by atoms with Crippen LogP contribution in [0, 0.1) is 0 Å². The van der Waals surface area contributed by atoms with Crippen molar-refractivity contribution in [1.29, 1.82) is 0 Å². The Bertz CT molecular complexity index is 1110. The Kier molecular flexibility index (Phi) is 12.0. The molecule has 40 heavy (non-hydrogen) atoms. The molecule has 0 heterocycles. The Morgan fingerprint density at radius 1 is 0.950 bits per heavy atom. The molecule has 0 bridgehead atoms. The number of carbonyl (C=O) groups excluding carboxylic acids is 3. The van der Waals surface area contributed by atoms with Crippen LogP contribution in [0.4, 0.5) is 4.79 Å². The van der Waals surface area contributed by atoms with Gasteiger partial charge in [0.15, 0.2) is 0 Å². The summed E-state index contributed by atoms with van der Waals surface area (Å²) in [4.78, 5) is 42.8.